The zero-order valence-electron chi connectivity index (χ0n) is 15.4. The van der Waals surface area contributed by atoms with Gasteiger partial charge in [-0.1, -0.05) is 68.4 Å². The van der Waals surface area contributed by atoms with Crippen LogP contribution in [0.1, 0.15) is 25.3 Å². The molecule has 0 atom stereocenters. The molecule has 4 heteroatoms. The maximum Gasteiger partial charge on any atom is 0.262 e. The van der Waals surface area contributed by atoms with Crippen molar-refractivity contribution >= 4 is 27.5 Å². The van der Waals surface area contributed by atoms with E-state index in [1.807, 2.05) is 60.7 Å². The minimum atomic E-state index is -0.179. The van der Waals surface area contributed by atoms with Gasteiger partial charge in [-0.25, -0.2) is 0 Å². The number of amides is 1. The molecule has 0 bridgehead atoms. The van der Waals surface area contributed by atoms with E-state index in [-0.39, 0.29) is 12.5 Å². The summed E-state index contributed by atoms with van der Waals surface area (Å²) >= 11 is 3.54. The Kier molecular flexibility index (Phi) is 6.30. The molecule has 0 unspecified atom stereocenters. The summed E-state index contributed by atoms with van der Waals surface area (Å²) < 4.78 is 6.52. The minimum Gasteiger partial charge on any atom is -0.483 e. The van der Waals surface area contributed by atoms with E-state index in [1.165, 1.54) is 0 Å². The molecule has 0 heterocycles. The third-order valence-corrected chi connectivity index (χ3v) is 4.87. The second kappa shape index (κ2) is 8.87. The van der Waals surface area contributed by atoms with Crippen molar-refractivity contribution in [2.45, 2.75) is 19.8 Å². The molecule has 0 fully saturated rings. The lowest BCUT2D eigenvalue weighted by Gasteiger charge is -2.14. The lowest BCUT2D eigenvalue weighted by Crippen LogP contribution is -2.21. The third-order valence-electron chi connectivity index (χ3n) is 4.25. The van der Waals surface area contributed by atoms with Crippen LogP contribution in [-0.2, 0) is 4.79 Å². The Morgan fingerprint density at radius 1 is 0.963 bits per heavy atom. The number of halogens is 1. The van der Waals surface area contributed by atoms with Crippen molar-refractivity contribution in [1.29, 1.82) is 0 Å². The van der Waals surface area contributed by atoms with Gasteiger partial charge < -0.3 is 10.1 Å². The molecule has 3 nitrogen and oxygen atoms in total. The first kappa shape index (κ1) is 19.2. The van der Waals surface area contributed by atoms with Crippen LogP contribution < -0.4 is 10.1 Å². The van der Waals surface area contributed by atoms with E-state index in [2.05, 4.69) is 47.2 Å². The average Bonchev–Trinajstić information content (AvgIpc) is 2.68. The summed E-state index contributed by atoms with van der Waals surface area (Å²) in [4.78, 5) is 12.3. The Balaban J connectivity index is 1.64. The normalized spacial score (nSPS) is 10.7. The van der Waals surface area contributed by atoms with Crippen LogP contribution in [-0.4, -0.2) is 12.5 Å². The van der Waals surface area contributed by atoms with Gasteiger partial charge in [0.2, 0.25) is 0 Å². The Morgan fingerprint density at radius 2 is 1.67 bits per heavy atom. The molecule has 3 aromatic carbocycles. The van der Waals surface area contributed by atoms with Crippen molar-refractivity contribution in [3.05, 3.63) is 82.8 Å². The predicted octanol–water partition coefficient (Wildman–Crippen LogP) is 6.26. The Morgan fingerprint density at radius 3 is 2.37 bits per heavy atom. The monoisotopic (exact) mass is 423 g/mol. The van der Waals surface area contributed by atoms with Crippen molar-refractivity contribution in [2.24, 2.45) is 0 Å². The summed E-state index contributed by atoms with van der Waals surface area (Å²) in [7, 11) is 0. The van der Waals surface area contributed by atoms with Gasteiger partial charge in [-0.3, -0.25) is 4.79 Å². The molecule has 1 amide bonds. The van der Waals surface area contributed by atoms with Crippen LogP contribution in [0.2, 0.25) is 0 Å². The number of nitrogens with one attached hydrogen (secondary N) is 1. The maximum absolute atomic E-state index is 12.3. The minimum absolute atomic E-state index is 0.0459. The Labute approximate surface area is 168 Å². The zero-order valence-corrected chi connectivity index (χ0v) is 17.0. The van der Waals surface area contributed by atoms with Crippen LogP contribution in [0, 0.1) is 0 Å². The molecule has 27 heavy (non-hydrogen) atoms. The zero-order chi connectivity index (χ0) is 19.2. The largest absolute Gasteiger partial charge is 0.483 e. The first-order valence-corrected chi connectivity index (χ1v) is 9.70. The summed E-state index contributed by atoms with van der Waals surface area (Å²) in [5.41, 5.74) is 4.16. The molecule has 0 spiro atoms. The molecule has 3 rings (SSSR count). The fourth-order valence-electron chi connectivity index (χ4n) is 2.87. The second-order valence-corrected chi connectivity index (χ2v) is 7.44. The standard InChI is InChI=1S/C23H22BrNO2/c1-16(2)19-10-6-7-11-21(19)25-23(26)15-27-22-13-12-18(14-20(22)24)17-8-4-3-5-9-17/h3-14,16H,15H2,1-2H3,(H,25,26). The van der Waals surface area contributed by atoms with Gasteiger partial charge in [0.05, 0.1) is 4.47 Å². The second-order valence-electron chi connectivity index (χ2n) is 6.59. The van der Waals surface area contributed by atoms with Crippen LogP contribution in [0.3, 0.4) is 0 Å². The predicted molar refractivity (Wildman–Crippen MR) is 114 cm³/mol. The highest BCUT2D eigenvalue weighted by atomic mass is 79.9. The van der Waals surface area contributed by atoms with E-state index in [4.69, 9.17) is 4.74 Å². The highest BCUT2D eigenvalue weighted by molar-refractivity contribution is 9.10. The molecule has 138 valence electrons. The Bertz CT molecular complexity index is 923. The summed E-state index contributed by atoms with van der Waals surface area (Å²) in [5, 5.41) is 2.94. The molecule has 0 aliphatic rings. The fraction of sp³-hybridized carbons (Fsp3) is 0.174. The summed E-state index contributed by atoms with van der Waals surface area (Å²) in [6.45, 7) is 4.16. The van der Waals surface area contributed by atoms with E-state index in [0.717, 1.165) is 26.9 Å². The molecule has 0 saturated carbocycles. The summed E-state index contributed by atoms with van der Waals surface area (Å²) in [5.74, 6) is 0.797. The Hall–Kier alpha value is -2.59. The molecule has 0 aliphatic carbocycles. The van der Waals surface area contributed by atoms with Gasteiger partial charge in [0, 0.05) is 5.69 Å². The molecule has 1 N–H and O–H groups in total. The number of carbonyl (C=O) groups excluding carboxylic acids is 1. The van der Waals surface area contributed by atoms with Gasteiger partial charge in [0.25, 0.3) is 5.91 Å². The van der Waals surface area contributed by atoms with Gasteiger partial charge in [0.15, 0.2) is 6.61 Å². The molecule has 3 aromatic rings. The SMILES string of the molecule is CC(C)c1ccccc1NC(=O)COc1ccc(-c2ccccc2)cc1Br. The number of rotatable bonds is 6. The van der Waals surface area contributed by atoms with Crippen molar-refractivity contribution in [2.75, 3.05) is 11.9 Å². The fourth-order valence-corrected chi connectivity index (χ4v) is 3.37. The number of hydrogen-bond acceptors (Lipinski definition) is 2. The smallest absolute Gasteiger partial charge is 0.262 e. The van der Waals surface area contributed by atoms with Crippen LogP contribution in [0.25, 0.3) is 11.1 Å². The van der Waals surface area contributed by atoms with Gasteiger partial charge in [0.1, 0.15) is 5.75 Å². The molecule has 0 radical (unpaired) electrons. The van der Waals surface area contributed by atoms with Crippen molar-refractivity contribution in [3.8, 4) is 16.9 Å². The number of carbonyl (C=O) groups is 1. The molecular weight excluding hydrogens is 402 g/mol. The van der Waals surface area contributed by atoms with Crippen molar-refractivity contribution in [1.82, 2.24) is 0 Å². The van der Waals surface area contributed by atoms with E-state index in [0.29, 0.717) is 11.7 Å². The first-order valence-electron chi connectivity index (χ1n) is 8.91. The quantitative estimate of drug-likeness (QED) is 0.508. The van der Waals surface area contributed by atoms with Gasteiger partial charge in [-0.15, -0.1) is 0 Å². The van der Waals surface area contributed by atoms with Crippen LogP contribution in [0.5, 0.6) is 5.75 Å². The molecule has 0 aromatic heterocycles. The van der Waals surface area contributed by atoms with Crippen LogP contribution in [0.4, 0.5) is 5.69 Å². The van der Waals surface area contributed by atoms with E-state index < -0.39 is 0 Å². The third kappa shape index (κ3) is 4.98. The topological polar surface area (TPSA) is 38.3 Å². The van der Waals surface area contributed by atoms with Gasteiger partial charge >= 0.3 is 0 Å². The van der Waals surface area contributed by atoms with E-state index in [9.17, 15) is 4.79 Å². The highest BCUT2D eigenvalue weighted by Crippen LogP contribution is 2.31. The number of anilines is 1. The van der Waals surface area contributed by atoms with Gasteiger partial charge in [-0.2, -0.15) is 0 Å². The maximum atomic E-state index is 12.3. The van der Waals surface area contributed by atoms with Crippen LogP contribution in [0.15, 0.2) is 77.3 Å². The van der Waals surface area contributed by atoms with Gasteiger partial charge in [-0.05, 0) is 56.7 Å². The number of para-hydroxylation sites is 1. The summed E-state index contributed by atoms with van der Waals surface area (Å²) in [6, 6.07) is 23.8. The van der Waals surface area contributed by atoms with Crippen molar-refractivity contribution < 1.29 is 9.53 Å². The molecule has 0 saturated heterocycles. The number of hydrogen-bond donors (Lipinski definition) is 1. The summed E-state index contributed by atoms with van der Waals surface area (Å²) in [6.07, 6.45) is 0. The molecular formula is C23H22BrNO2. The van der Waals surface area contributed by atoms with E-state index in [1.54, 1.807) is 0 Å². The number of benzene rings is 3. The van der Waals surface area contributed by atoms with Crippen molar-refractivity contribution in [3.63, 3.8) is 0 Å². The average molecular weight is 424 g/mol. The lowest BCUT2D eigenvalue weighted by molar-refractivity contribution is -0.118. The highest BCUT2D eigenvalue weighted by Gasteiger charge is 2.11. The molecule has 0 aliphatic heterocycles. The lowest BCUT2D eigenvalue weighted by atomic mass is 10.0. The first-order chi connectivity index (χ1) is 13.0. The van der Waals surface area contributed by atoms with Crippen LogP contribution >= 0.6 is 15.9 Å². The van der Waals surface area contributed by atoms with E-state index >= 15 is 0 Å². The number of ether oxygens (including phenoxy) is 1.